The molecular weight excluding hydrogens is 375 g/mol. The summed E-state index contributed by atoms with van der Waals surface area (Å²) in [6.45, 7) is 5.01. The van der Waals surface area contributed by atoms with Crippen LogP contribution in [0.5, 0.6) is 0 Å². The van der Waals surface area contributed by atoms with Gasteiger partial charge in [0.25, 0.3) is 0 Å². The lowest BCUT2D eigenvalue weighted by molar-refractivity contribution is -0.0515. The zero-order valence-electron chi connectivity index (χ0n) is 15.7. The summed E-state index contributed by atoms with van der Waals surface area (Å²) < 4.78 is 4.83. The summed E-state index contributed by atoms with van der Waals surface area (Å²) in [5.41, 5.74) is 0.384. The Morgan fingerprint density at radius 2 is 1.40 bits per heavy atom. The van der Waals surface area contributed by atoms with E-state index in [9.17, 15) is 0 Å². The van der Waals surface area contributed by atoms with Gasteiger partial charge < -0.3 is 4.74 Å². The molecule has 1 aromatic rings. The molecule has 1 unspecified atom stereocenters. The van der Waals surface area contributed by atoms with Crippen LogP contribution in [0.15, 0.2) is 30.3 Å². The van der Waals surface area contributed by atoms with Gasteiger partial charge in [0.15, 0.2) is 0 Å². The number of benzene rings is 1. The molecule has 25 heavy (non-hydrogen) atoms. The van der Waals surface area contributed by atoms with E-state index in [-0.39, 0.29) is 0 Å². The molecule has 0 aromatic heterocycles. The van der Waals surface area contributed by atoms with Gasteiger partial charge in [-0.3, -0.25) is 0 Å². The Morgan fingerprint density at radius 1 is 0.800 bits per heavy atom. The van der Waals surface area contributed by atoms with Crippen LogP contribution in [0.1, 0.15) is 77.2 Å². The van der Waals surface area contributed by atoms with E-state index in [1.807, 2.05) is 18.2 Å². The van der Waals surface area contributed by atoms with Crippen LogP contribution < -0.4 is 0 Å². The van der Waals surface area contributed by atoms with Crippen LogP contribution in [0, 0.1) is 0 Å². The van der Waals surface area contributed by atoms with E-state index in [0.717, 1.165) is 37.7 Å². The molecule has 0 aliphatic heterocycles. The molecule has 0 spiro atoms. The standard InChI is InChI=1S/C21H33Cl3O/c1-3-5-7-8-9-13-16-20(21(22,23)24,25-17-6-4-2)18-19-14-11-10-12-15-19/h10-12,14-15H,3-9,13,16-18H2,1-2H3. The summed E-state index contributed by atoms with van der Waals surface area (Å²) in [6, 6.07) is 10.2. The number of hydrogen-bond acceptors (Lipinski definition) is 1. The Morgan fingerprint density at radius 3 is 2.00 bits per heavy atom. The summed E-state index contributed by atoms with van der Waals surface area (Å²) >= 11 is 19.4. The Kier molecular flexibility index (Phi) is 11.5. The monoisotopic (exact) mass is 406 g/mol. The van der Waals surface area contributed by atoms with E-state index in [0.29, 0.717) is 13.0 Å². The van der Waals surface area contributed by atoms with Gasteiger partial charge in [-0.25, -0.2) is 0 Å². The first-order chi connectivity index (χ1) is 11.9. The highest BCUT2D eigenvalue weighted by Gasteiger charge is 2.49. The molecular formula is C21H33Cl3O. The van der Waals surface area contributed by atoms with Crippen molar-refractivity contribution in [3.63, 3.8) is 0 Å². The van der Waals surface area contributed by atoms with Gasteiger partial charge in [-0.2, -0.15) is 0 Å². The second kappa shape index (κ2) is 12.4. The van der Waals surface area contributed by atoms with Crippen LogP contribution in [-0.2, 0) is 11.2 Å². The summed E-state index contributed by atoms with van der Waals surface area (Å²) in [4.78, 5) is 0. The Bertz CT molecular complexity index is 444. The molecule has 4 heteroatoms. The second-order valence-electron chi connectivity index (χ2n) is 6.87. The summed E-state index contributed by atoms with van der Waals surface area (Å²) in [5.74, 6) is 0. The highest BCUT2D eigenvalue weighted by atomic mass is 35.6. The molecule has 0 aliphatic carbocycles. The molecule has 0 amide bonds. The lowest BCUT2D eigenvalue weighted by Gasteiger charge is -2.40. The fourth-order valence-corrected chi connectivity index (χ4v) is 3.71. The number of alkyl halides is 3. The molecule has 1 atom stereocenters. The highest BCUT2D eigenvalue weighted by molar-refractivity contribution is 6.68. The zero-order chi connectivity index (χ0) is 18.6. The minimum atomic E-state index is -1.44. The van der Waals surface area contributed by atoms with Crippen molar-refractivity contribution in [3.8, 4) is 0 Å². The minimum Gasteiger partial charge on any atom is -0.370 e. The summed E-state index contributed by atoms with van der Waals surface area (Å²) in [6.07, 6.45) is 10.7. The predicted molar refractivity (Wildman–Crippen MR) is 112 cm³/mol. The number of ether oxygens (including phenoxy) is 1. The van der Waals surface area contributed by atoms with E-state index in [1.54, 1.807) is 0 Å². The van der Waals surface area contributed by atoms with Gasteiger partial charge in [0, 0.05) is 13.0 Å². The zero-order valence-corrected chi connectivity index (χ0v) is 18.0. The van der Waals surface area contributed by atoms with Crippen LogP contribution in [0.25, 0.3) is 0 Å². The number of unbranched alkanes of at least 4 members (excludes halogenated alkanes) is 6. The van der Waals surface area contributed by atoms with Gasteiger partial charge in [-0.15, -0.1) is 0 Å². The van der Waals surface area contributed by atoms with Crippen molar-refractivity contribution in [1.82, 2.24) is 0 Å². The lowest BCUT2D eigenvalue weighted by Crippen LogP contribution is -2.48. The van der Waals surface area contributed by atoms with Crippen molar-refractivity contribution in [3.05, 3.63) is 35.9 Å². The maximum Gasteiger partial charge on any atom is 0.219 e. The molecule has 0 heterocycles. The largest absolute Gasteiger partial charge is 0.370 e. The first-order valence-corrected chi connectivity index (χ1v) is 10.8. The molecule has 1 nitrogen and oxygen atoms in total. The molecule has 0 bridgehead atoms. The highest BCUT2D eigenvalue weighted by Crippen LogP contribution is 2.46. The van der Waals surface area contributed by atoms with Crippen molar-refractivity contribution in [1.29, 1.82) is 0 Å². The quantitative estimate of drug-likeness (QED) is 0.238. The molecule has 0 aliphatic rings. The topological polar surface area (TPSA) is 9.23 Å². The third-order valence-corrected chi connectivity index (χ3v) is 5.69. The number of halogens is 3. The first kappa shape index (κ1) is 23.1. The maximum absolute atomic E-state index is 6.45. The van der Waals surface area contributed by atoms with Crippen LogP contribution in [0.3, 0.4) is 0 Å². The average molecular weight is 408 g/mol. The van der Waals surface area contributed by atoms with Crippen molar-refractivity contribution >= 4 is 34.8 Å². The first-order valence-electron chi connectivity index (χ1n) is 9.70. The predicted octanol–water partition coefficient (Wildman–Crippen LogP) is 7.91. The fraction of sp³-hybridized carbons (Fsp3) is 0.714. The second-order valence-corrected chi connectivity index (χ2v) is 9.16. The third kappa shape index (κ3) is 8.52. The Balaban J connectivity index is 2.80. The van der Waals surface area contributed by atoms with Crippen molar-refractivity contribution in [2.45, 2.75) is 87.4 Å². The smallest absolute Gasteiger partial charge is 0.219 e. The van der Waals surface area contributed by atoms with Gasteiger partial charge in [0.2, 0.25) is 3.79 Å². The summed E-state index contributed by atoms with van der Waals surface area (Å²) in [5, 5.41) is 0. The Labute approximate surface area is 169 Å². The average Bonchev–Trinajstić information content (AvgIpc) is 2.58. The van der Waals surface area contributed by atoms with Gasteiger partial charge in [0.1, 0.15) is 5.60 Å². The van der Waals surface area contributed by atoms with Crippen LogP contribution >= 0.6 is 34.8 Å². The van der Waals surface area contributed by atoms with Crippen LogP contribution in [0.2, 0.25) is 0 Å². The van der Waals surface area contributed by atoms with E-state index < -0.39 is 9.39 Å². The lowest BCUT2D eigenvalue weighted by atomic mass is 9.89. The third-order valence-electron chi connectivity index (χ3n) is 4.66. The molecule has 1 aromatic carbocycles. The van der Waals surface area contributed by atoms with E-state index >= 15 is 0 Å². The van der Waals surface area contributed by atoms with Crippen molar-refractivity contribution in [2.75, 3.05) is 6.61 Å². The van der Waals surface area contributed by atoms with Gasteiger partial charge >= 0.3 is 0 Å². The molecule has 0 saturated heterocycles. The maximum atomic E-state index is 6.45. The molecule has 0 saturated carbocycles. The van der Waals surface area contributed by atoms with Crippen molar-refractivity contribution < 1.29 is 4.74 Å². The number of rotatable bonds is 13. The minimum absolute atomic E-state index is 0.628. The van der Waals surface area contributed by atoms with Gasteiger partial charge in [-0.05, 0) is 18.4 Å². The molecule has 0 radical (unpaired) electrons. The molecule has 1 rings (SSSR count). The van der Waals surface area contributed by atoms with E-state index in [1.165, 1.54) is 25.7 Å². The molecule has 0 fully saturated rings. The number of hydrogen-bond donors (Lipinski definition) is 0. The fourth-order valence-electron chi connectivity index (χ4n) is 3.06. The van der Waals surface area contributed by atoms with Crippen LogP contribution in [0.4, 0.5) is 0 Å². The van der Waals surface area contributed by atoms with E-state index in [2.05, 4.69) is 26.0 Å². The SMILES string of the molecule is CCCCCCCCC(Cc1ccccc1)(OCCCC)C(Cl)(Cl)Cl. The van der Waals surface area contributed by atoms with Crippen molar-refractivity contribution in [2.24, 2.45) is 0 Å². The molecule has 0 N–H and O–H groups in total. The van der Waals surface area contributed by atoms with Crippen LogP contribution in [-0.4, -0.2) is 16.0 Å². The van der Waals surface area contributed by atoms with E-state index in [4.69, 9.17) is 39.5 Å². The molecule has 144 valence electrons. The normalized spacial score (nSPS) is 14.4. The van der Waals surface area contributed by atoms with Gasteiger partial charge in [0.05, 0.1) is 0 Å². The Hall–Kier alpha value is 0.0500. The van der Waals surface area contributed by atoms with Gasteiger partial charge in [-0.1, -0.05) is 124 Å². The summed E-state index contributed by atoms with van der Waals surface area (Å²) in [7, 11) is 0.